The van der Waals surface area contributed by atoms with Gasteiger partial charge >= 0.3 is 0 Å². The Morgan fingerprint density at radius 1 is 1.25 bits per heavy atom. The highest BCUT2D eigenvalue weighted by Crippen LogP contribution is 2.43. The number of rotatable bonds is 5. The summed E-state index contributed by atoms with van der Waals surface area (Å²) in [6.45, 7) is 0. The highest BCUT2D eigenvalue weighted by atomic mass is 16.5. The maximum absolute atomic E-state index is 5.43. The van der Waals surface area contributed by atoms with Gasteiger partial charge in [-0.2, -0.15) is 0 Å². The Bertz CT molecular complexity index is 361. The maximum Gasteiger partial charge on any atom is 0.127 e. The zero-order chi connectivity index (χ0) is 11.5. The van der Waals surface area contributed by atoms with Crippen LogP contribution in [0.15, 0.2) is 18.2 Å². The summed E-state index contributed by atoms with van der Waals surface area (Å²) in [5.74, 6) is 2.50. The lowest BCUT2D eigenvalue weighted by Crippen LogP contribution is -2.19. The van der Waals surface area contributed by atoms with Crippen molar-refractivity contribution in [2.24, 2.45) is 5.92 Å². The summed E-state index contributed by atoms with van der Waals surface area (Å²) >= 11 is 0. The fraction of sp³-hybridized carbons (Fsp3) is 0.538. The fourth-order valence-electron chi connectivity index (χ4n) is 2.15. The first-order valence-electron chi connectivity index (χ1n) is 5.69. The zero-order valence-corrected chi connectivity index (χ0v) is 10.1. The van der Waals surface area contributed by atoms with Crippen molar-refractivity contribution in [1.82, 2.24) is 5.32 Å². The van der Waals surface area contributed by atoms with Gasteiger partial charge < -0.3 is 14.8 Å². The number of nitrogens with one attached hydrogen (secondary N) is 1. The van der Waals surface area contributed by atoms with E-state index in [0.29, 0.717) is 6.04 Å². The molecule has 0 bridgehead atoms. The Hall–Kier alpha value is -1.22. The van der Waals surface area contributed by atoms with Crippen LogP contribution in [0, 0.1) is 5.92 Å². The van der Waals surface area contributed by atoms with Crippen molar-refractivity contribution >= 4 is 0 Å². The number of hydrogen-bond acceptors (Lipinski definition) is 3. The van der Waals surface area contributed by atoms with E-state index >= 15 is 0 Å². The third kappa shape index (κ3) is 2.14. The maximum atomic E-state index is 5.43. The Balaban J connectivity index is 2.30. The normalized spacial score (nSPS) is 16.9. The molecule has 0 radical (unpaired) electrons. The molecule has 88 valence electrons. The minimum Gasteiger partial charge on any atom is -0.497 e. The summed E-state index contributed by atoms with van der Waals surface area (Å²) in [6.07, 6.45) is 2.61. The van der Waals surface area contributed by atoms with Gasteiger partial charge in [-0.1, -0.05) is 6.07 Å². The van der Waals surface area contributed by atoms with E-state index in [9.17, 15) is 0 Å². The first-order chi connectivity index (χ1) is 7.80. The minimum atomic E-state index is 0.404. The van der Waals surface area contributed by atoms with E-state index in [1.54, 1.807) is 14.2 Å². The topological polar surface area (TPSA) is 30.5 Å². The smallest absolute Gasteiger partial charge is 0.127 e. The average Bonchev–Trinajstić information content (AvgIpc) is 3.15. The van der Waals surface area contributed by atoms with E-state index < -0.39 is 0 Å². The first kappa shape index (κ1) is 11.3. The van der Waals surface area contributed by atoms with Crippen LogP contribution in [0.1, 0.15) is 24.4 Å². The fourth-order valence-corrected chi connectivity index (χ4v) is 2.15. The van der Waals surface area contributed by atoms with E-state index in [1.807, 2.05) is 19.2 Å². The van der Waals surface area contributed by atoms with Gasteiger partial charge in [0.25, 0.3) is 0 Å². The van der Waals surface area contributed by atoms with Gasteiger partial charge in [0, 0.05) is 17.7 Å². The van der Waals surface area contributed by atoms with Gasteiger partial charge in [0.1, 0.15) is 11.5 Å². The van der Waals surface area contributed by atoms with Crippen molar-refractivity contribution in [2.75, 3.05) is 21.3 Å². The van der Waals surface area contributed by atoms with E-state index in [-0.39, 0.29) is 0 Å². The molecule has 0 heterocycles. The summed E-state index contributed by atoms with van der Waals surface area (Å²) in [6, 6.07) is 6.44. The molecule has 16 heavy (non-hydrogen) atoms. The second-order valence-corrected chi connectivity index (χ2v) is 4.21. The molecule has 0 saturated heterocycles. The Morgan fingerprint density at radius 3 is 2.50 bits per heavy atom. The Kier molecular flexibility index (Phi) is 3.34. The number of methoxy groups -OCH3 is 2. The highest BCUT2D eigenvalue weighted by molar-refractivity contribution is 5.43. The van der Waals surface area contributed by atoms with Crippen molar-refractivity contribution in [2.45, 2.75) is 18.9 Å². The Labute approximate surface area is 96.8 Å². The molecular formula is C13H19NO2. The molecule has 3 heteroatoms. The monoisotopic (exact) mass is 221 g/mol. The van der Waals surface area contributed by atoms with E-state index in [0.717, 1.165) is 17.4 Å². The second-order valence-electron chi connectivity index (χ2n) is 4.21. The molecule has 1 aromatic rings. The standard InChI is InChI=1S/C13H19NO2/c1-14-13(9-4-5-9)11-7-6-10(15-2)8-12(11)16-3/h6-9,13-14H,4-5H2,1-3H3. The summed E-state index contributed by atoms with van der Waals surface area (Å²) in [7, 11) is 5.38. The number of ether oxygens (including phenoxy) is 2. The van der Waals surface area contributed by atoms with Crippen molar-refractivity contribution in [3.63, 3.8) is 0 Å². The third-order valence-corrected chi connectivity index (χ3v) is 3.18. The molecule has 1 unspecified atom stereocenters. The molecule has 1 aromatic carbocycles. The predicted octanol–water partition coefficient (Wildman–Crippen LogP) is 2.37. The minimum absolute atomic E-state index is 0.404. The SMILES string of the molecule is CNC(c1ccc(OC)cc1OC)C1CC1. The van der Waals surface area contributed by atoms with Crippen molar-refractivity contribution in [1.29, 1.82) is 0 Å². The van der Waals surface area contributed by atoms with Crippen LogP contribution >= 0.6 is 0 Å². The van der Waals surface area contributed by atoms with Crippen molar-refractivity contribution < 1.29 is 9.47 Å². The van der Waals surface area contributed by atoms with E-state index in [2.05, 4.69) is 11.4 Å². The summed E-state index contributed by atoms with van der Waals surface area (Å²) in [4.78, 5) is 0. The highest BCUT2D eigenvalue weighted by Gasteiger charge is 2.32. The summed E-state index contributed by atoms with van der Waals surface area (Å²) < 4.78 is 10.6. The summed E-state index contributed by atoms with van der Waals surface area (Å²) in [5.41, 5.74) is 1.23. The molecule has 1 N–H and O–H groups in total. The van der Waals surface area contributed by atoms with Gasteiger partial charge in [0.15, 0.2) is 0 Å². The predicted molar refractivity (Wildman–Crippen MR) is 64.1 cm³/mol. The van der Waals surface area contributed by atoms with Gasteiger partial charge in [-0.3, -0.25) is 0 Å². The van der Waals surface area contributed by atoms with Gasteiger partial charge in [-0.05, 0) is 31.9 Å². The van der Waals surface area contributed by atoms with Gasteiger partial charge in [0.2, 0.25) is 0 Å². The molecule has 1 saturated carbocycles. The third-order valence-electron chi connectivity index (χ3n) is 3.18. The van der Waals surface area contributed by atoms with Crippen LogP contribution in [-0.2, 0) is 0 Å². The van der Waals surface area contributed by atoms with Crippen LogP contribution in [0.2, 0.25) is 0 Å². The molecule has 1 atom stereocenters. The first-order valence-corrected chi connectivity index (χ1v) is 5.69. The molecule has 2 rings (SSSR count). The van der Waals surface area contributed by atoms with Gasteiger partial charge in [-0.15, -0.1) is 0 Å². The molecule has 0 aliphatic heterocycles. The molecule has 0 spiro atoms. The van der Waals surface area contributed by atoms with E-state index in [4.69, 9.17) is 9.47 Å². The lowest BCUT2D eigenvalue weighted by molar-refractivity contribution is 0.382. The summed E-state index contributed by atoms with van der Waals surface area (Å²) in [5, 5.41) is 3.37. The quantitative estimate of drug-likeness (QED) is 0.828. The van der Waals surface area contributed by atoms with Crippen LogP contribution in [0.3, 0.4) is 0 Å². The van der Waals surface area contributed by atoms with Gasteiger partial charge in [-0.25, -0.2) is 0 Å². The number of hydrogen-bond donors (Lipinski definition) is 1. The van der Waals surface area contributed by atoms with E-state index in [1.165, 1.54) is 18.4 Å². The molecule has 1 fully saturated rings. The van der Waals surface area contributed by atoms with Gasteiger partial charge in [0.05, 0.1) is 14.2 Å². The molecule has 1 aliphatic carbocycles. The van der Waals surface area contributed by atoms with Crippen LogP contribution in [-0.4, -0.2) is 21.3 Å². The van der Waals surface area contributed by atoms with Crippen LogP contribution in [0.4, 0.5) is 0 Å². The lowest BCUT2D eigenvalue weighted by atomic mass is 10.0. The second kappa shape index (κ2) is 4.74. The number of benzene rings is 1. The van der Waals surface area contributed by atoms with Crippen molar-refractivity contribution in [3.05, 3.63) is 23.8 Å². The molecule has 1 aliphatic rings. The van der Waals surface area contributed by atoms with Crippen LogP contribution in [0.25, 0.3) is 0 Å². The van der Waals surface area contributed by atoms with Crippen molar-refractivity contribution in [3.8, 4) is 11.5 Å². The van der Waals surface area contributed by atoms with Crippen LogP contribution in [0.5, 0.6) is 11.5 Å². The molecular weight excluding hydrogens is 202 g/mol. The lowest BCUT2D eigenvalue weighted by Gasteiger charge is -2.19. The Morgan fingerprint density at radius 2 is 2.00 bits per heavy atom. The molecule has 0 amide bonds. The molecule has 0 aromatic heterocycles. The largest absolute Gasteiger partial charge is 0.497 e. The average molecular weight is 221 g/mol. The van der Waals surface area contributed by atoms with Crippen LogP contribution < -0.4 is 14.8 Å². The zero-order valence-electron chi connectivity index (χ0n) is 10.1. The molecule has 3 nitrogen and oxygen atoms in total.